The lowest BCUT2D eigenvalue weighted by Gasteiger charge is -2.28. The third kappa shape index (κ3) is 3.69. The van der Waals surface area contributed by atoms with Gasteiger partial charge in [0.25, 0.3) is 11.7 Å². The van der Waals surface area contributed by atoms with Gasteiger partial charge in [0.05, 0.1) is 36.1 Å². The number of Topliss-reactive ketones (excluding diaryl/α,β-unsaturated/α-hetero) is 1. The Hall–Kier alpha value is -4.13. The summed E-state index contributed by atoms with van der Waals surface area (Å²) in [6.45, 7) is 3.39. The van der Waals surface area contributed by atoms with Crippen LogP contribution in [0.2, 0.25) is 0 Å². The topological polar surface area (TPSA) is 83.0 Å². The van der Waals surface area contributed by atoms with E-state index in [1.165, 1.54) is 4.90 Å². The van der Waals surface area contributed by atoms with Gasteiger partial charge in [0.15, 0.2) is 0 Å². The van der Waals surface area contributed by atoms with E-state index in [9.17, 15) is 14.7 Å². The van der Waals surface area contributed by atoms with E-state index in [1.807, 2.05) is 55.3 Å². The molecule has 2 aliphatic heterocycles. The SMILES string of the molecule is Cc1ccccc1C1/C(=C(\O)c2ccc3c(c2)N(C)CCO3)C(=O)C(=O)N1Cc1ccccn1. The van der Waals surface area contributed by atoms with Gasteiger partial charge in [-0.1, -0.05) is 30.3 Å². The number of ether oxygens (including phenoxy) is 1. The maximum absolute atomic E-state index is 13.3. The second-order valence-corrected chi connectivity index (χ2v) is 8.56. The van der Waals surface area contributed by atoms with Crippen molar-refractivity contribution in [1.29, 1.82) is 0 Å². The summed E-state index contributed by atoms with van der Waals surface area (Å²) in [5.74, 6) is -0.837. The average molecular weight is 456 g/mol. The number of rotatable bonds is 4. The first-order valence-electron chi connectivity index (χ1n) is 11.2. The number of aliphatic hydroxyl groups excluding tert-OH is 1. The number of nitrogens with zero attached hydrogens (tertiary/aromatic N) is 3. The number of hydrogen-bond donors (Lipinski definition) is 1. The van der Waals surface area contributed by atoms with Gasteiger partial charge < -0.3 is 19.6 Å². The van der Waals surface area contributed by atoms with E-state index < -0.39 is 17.7 Å². The molecule has 0 bridgehead atoms. The molecule has 0 spiro atoms. The van der Waals surface area contributed by atoms with Gasteiger partial charge in [-0.15, -0.1) is 0 Å². The Labute approximate surface area is 197 Å². The van der Waals surface area contributed by atoms with Gasteiger partial charge in [-0.2, -0.15) is 0 Å². The number of amides is 1. The molecule has 7 nitrogen and oxygen atoms in total. The van der Waals surface area contributed by atoms with Gasteiger partial charge in [-0.25, -0.2) is 0 Å². The Morgan fingerprint density at radius 3 is 2.68 bits per heavy atom. The summed E-state index contributed by atoms with van der Waals surface area (Å²) in [5.41, 5.74) is 3.74. The van der Waals surface area contributed by atoms with Crippen LogP contribution in [-0.2, 0) is 16.1 Å². The predicted octanol–water partition coefficient (Wildman–Crippen LogP) is 3.84. The maximum Gasteiger partial charge on any atom is 0.296 e. The van der Waals surface area contributed by atoms with E-state index in [0.29, 0.717) is 17.9 Å². The van der Waals surface area contributed by atoms with E-state index >= 15 is 0 Å². The van der Waals surface area contributed by atoms with Crippen molar-refractivity contribution in [2.75, 3.05) is 25.1 Å². The highest BCUT2D eigenvalue weighted by Gasteiger charge is 2.46. The van der Waals surface area contributed by atoms with E-state index in [2.05, 4.69) is 4.98 Å². The normalized spacial score (nSPS) is 19.2. The highest BCUT2D eigenvalue weighted by Crippen LogP contribution is 2.42. The van der Waals surface area contributed by atoms with Crippen LogP contribution in [-0.4, -0.2) is 46.9 Å². The van der Waals surface area contributed by atoms with E-state index in [1.54, 1.807) is 30.5 Å². The summed E-state index contributed by atoms with van der Waals surface area (Å²) < 4.78 is 5.71. The van der Waals surface area contributed by atoms with Gasteiger partial charge >= 0.3 is 0 Å². The molecule has 1 fully saturated rings. The summed E-state index contributed by atoms with van der Waals surface area (Å²) in [7, 11) is 1.95. The molecule has 3 heterocycles. The Bertz CT molecular complexity index is 1300. The summed E-state index contributed by atoms with van der Waals surface area (Å²) in [6, 6.07) is 17.6. The summed E-state index contributed by atoms with van der Waals surface area (Å²) in [4.78, 5) is 34.4. The van der Waals surface area contributed by atoms with E-state index in [4.69, 9.17) is 4.74 Å². The van der Waals surface area contributed by atoms with Crippen molar-refractivity contribution in [3.8, 4) is 5.75 Å². The molecule has 0 aliphatic carbocycles. The molecule has 1 aromatic heterocycles. The van der Waals surface area contributed by atoms with Gasteiger partial charge in [-0.3, -0.25) is 14.6 Å². The van der Waals surface area contributed by atoms with Crippen molar-refractivity contribution in [3.63, 3.8) is 0 Å². The zero-order valence-corrected chi connectivity index (χ0v) is 19.1. The number of carbonyl (C=O) groups is 2. The van der Waals surface area contributed by atoms with Crippen LogP contribution in [0.5, 0.6) is 5.75 Å². The number of hydrogen-bond acceptors (Lipinski definition) is 6. The number of aromatic nitrogens is 1. The van der Waals surface area contributed by atoms with Crippen molar-refractivity contribution < 1.29 is 19.4 Å². The quantitative estimate of drug-likeness (QED) is 0.366. The lowest BCUT2D eigenvalue weighted by molar-refractivity contribution is -0.140. The first-order valence-corrected chi connectivity index (χ1v) is 11.2. The lowest BCUT2D eigenvalue weighted by Crippen LogP contribution is -2.29. The molecular weight excluding hydrogens is 430 g/mol. The zero-order valence-electron chi connectivity index (χ0n) is 19.1. The standard InChI is InChI=1S/C27H25N3O4/c1-17-7-3-4-9-20(17)24-23(26(32)27(33)30(24)16-19-8-5-6-12-28-19)25(31)18-10-11-22-21(15-18)29(2)13-14-34-22/h3-12,15,24,31H,13-14,16H2,1-2H3/b25-23+. The van der Waals surface area contributed by atoms with Crippen LogP contribution in [0.4, 0.5) is 5.69 Å². The zero-order chi connectivity index (χ0) is 23.8. The van der Waals surface area contributed by atoms with Gasteiger partial charge in [-0.05, 0) is 48.4 Å². The predicted molar refractivity (Wildman–Crippen MR) is 128 cm³/mol. The van der Waals surface area contributed by atoms with Crippen LogP contribution in [0, 0.1) is 6.92 Å². The average Bonchev–Trinajstić information content (AvgIpc) is 3.09. The van der Waals surface area contributed by atoms with Crippen molar-refractivity contribution >= 4 is 23.1 Å². The van der Waals surface area contributed by atoms with Crippen LogP contribution < -0.4 is 9.64 Å². The molecule has 2 aromatic carbocycles. The van der Waals surface area contributed by atoms with Gasteiger partial charge in [0.2, 0.25) is 0 Å². The Balaban J connectivity index is 1.66. The fourth-order valence-electron chi connectivity index (χ4n) is 4.58. The molecule has 5 rings (SSSR count). The number of benzene rings is 2. The second kappa shape index (κ2) is 8.67. The molecule has 1 N–H and O–H groups in total. The van der Waals surface area contributed by atoms with Crippen LogP contribution in [0.15, 0.2) is 72.4 Å². The molecule has 1 atom stereocenters. The third-order valence-electron chi connectivity index (χ3n) is 6.41. The Morgan fingerprint density at radius 2 is 1.91 bits per heavy atom. The molecule has 0 saturated carbocycles. The molecule has 7 heteroatoms. The minimum atomic E-state index is -0.729. The van der Waals surface area contributed by atoms with Crippen molar-refractivity contribution in [2.45, 2.75) is 19.5 Å². The lowest BCUT2D eigenvalue weighted by atomic mass is 9.92. The molecule has 2 aliphatic rings. The third-order valence-corrected chi connectivity index (χ3v) is 6.41. The number of aliphatic hydroxyl groups is 1. The Kier molecular flexibility index (Phi) is 5.53. The van der Waals surface area contributed by atoms with Crippen molar-refractivity contribution in [1.82, 2.24) is 9.88 Å². The van der Waals surface area contributed by atoms with E-state index in [0.717, 1.165) is 29.1 Å². The monoisotopic (exact) mass is 455 g/mol. The van der Waals surface area contributed by atoms with Crippen LogP contribution in [0.3, 0.4) is 0 Å². The highest BCUT2D eigenvalue weighted by molar-refractivity contribution is 6.46. The summed E-state index contributed by atoms with van der Waals surface area (Å²) >= 11 is 0. The highest BCUT2D eigenvalue weighted by atomic mass is 16.5. The minimum Gasteiger partial charge on any atom is -0.507 e. The van der Waals surface area contributed by atoms with Crippen LogP contribution in [0.25, 0.3) is 5.76 Å². The number of pyridine rings is 1. The van der Waals surface area contributed by atoms with Crippen LogP contribution >= 0.6 is 0 Å². The fourth-order valence-corrected chi connectivity index (χ4v) is 4.58. The number of likely N-dealkylation sites (N-methyl/N-ethyl adjacent to an activating group) is 1. The number of fused-ring (bicyclic) bond motifs is 1. The first-order chi connectivity index (χ1) is 16.5. The molecule has 172 valence electrons. The largest absolute Gasteiger partial charge is 0.507 e. The fraction of sp³-hybridized carbons (Fsp3) is 0.222. The minimum absolute atomic E-state index is 0.0783. The second-order valence-electron chi connectivity index (χ2n) is 8.56. The van der Waals surface area contributed by atoms with Crippen molar-refractivity contribution in [3.05, 3.63) is 94.8 Å². The molecule has 1 saturated heterocycles. The molecule has 34 heavy (non-hydrogen) atoms. The maximum atomic E-state index is 13.3. The van der Waals surface area contributed by atoms with Gasteiger partial charge in [0, 0.05) is 18.8 Å². The van der Waals surface area contributed by atoms with Gasteiger partial charge in [0.1, 0.15) is 18.1 Å². The molecule has 1 amide bonds. The number of anilines is 1. The smallest absolute Gasteiger partial charge is 0.296 e. The summed E-state index contributed by atoms with van der Waals surface area (Å²) in [6.07, 6.45) is 1.65. The Morgan fingerprint density at radius 1 is 1.12 bits per heavy atom. The molecule has 0 radical (unpaired) electrons. The van der Waals surface area contributed by atoms with Crippen LogP contribution in [0.1, 0.15) is 28.4 Å². The molecule has 3 aromatic rings. The number of aryl methyl sites for hydroxylation is 1. The summed E-state index contributed by atoms with van der Waals surface area (Å²) in [5, 5.41) is 11.4. The molecular formula is C27H25N3O4. The molecule has 1 unspecified atom stereocenters. The number of likely N-dealkylation sites (tertiary alicyclic amines) is 1. The van der Waals surface area contributed by atoms with Crippen molar-refractivity contribution in [2.24, 2.45) is 0 Å². The number of ketones is 1. The van der Waals surface area contributed by atoms with E-state index in [-0.39, 0.29) is 17.9 Å². The number of carbonyl (C=O) groups excluding carboxylic acids is 2. The first kappa shape index (κ1) is 21.7.